The summed E-state index contributed by atoms with van der Waals surface area (Å²) in [5.41, 5.74) is 0.571. The average molecular weight is 208 g/mol. The van der Waals surface area contributed by atoms with E-state index < -0.39 is 17.1 Å². The number of hydrogen-bond donors (Lipinski definition) is 1. The second-order valence-electron chi connectivity index (χ2n) is 2.74. The Kier molecular flexibility index (Phi) is 1.89. The highest BCUT2D eigenvalue weighted by molar-refractivity contribution is 7.97. The zero-order chi connectivity index (χ0) is 10.3. The molecule has 0 aromatic heterocycles. The van der Waals surface area contributed by atoms with E-state index in [0.29, 0.717) is 0 Å². The molecule has 1 aromatic carbocycles. The lowest BCUT2D eigenvalue weighted by Gasteiger charge is -1.95. The summed E-state index contributed by atoms with van der Waals surface area (Å²) < 4.78 is 4.35. The SMILES string of the molecule is O=C(S)c1ccc2c(c1)C(=O)OC2=O. The Morgan fingerprint density at radius 3 is 2.43 bits per heavy atom. The monoisotopic (exact) mass is 208 g/mol. The van der Waals surface area contributed by atoms with Crippen LogP contribution in [0.4, 0.5) is 0 Å². The minimum atomic E-state index is -0.721. The van der Waals surface area contributed by atoms with Crippen molar-refractivity contribution in [1.82, 2.24) is 0 Å². The van der Waals surface area contributed by atoms with E-state index in [-0.39, 0.29) is 16.7 Å². The summed E-state index contributed by atoms with van der Waals surface area (Å²) in [5.74, 6) is -1.40. The largest absolute Gasteiger partial charge is 0.386 e. The van der Waals surface area contributed by atoms with Crippen LogP contribution < -0.4 is 0 Å². The average Bonchev–Trinajstić information content (AvgIpc) is 2.42. The van der Waals surface area contributed by atoms with Crippen LogP contribution in [0.3, 0.4) is 0 Å². The summed E-state index contributed by atoms with van der Waals surface area (Å²) in [7, 11) is 0. The predicted octanol–water partition coefficient (Wildman–Crippen LogP) is 1.07. The van der Waals surface area contributed by atoms with Crippen molar-refractivity contribution in [1.29, 1.82) is 0 Å². The number of fused-ring (bicyclic) bond motifs is 1. The maximum atomic E-state index is 11.1. The number of carbonyl (C=O) groups is 3. The fourth-order valence-corrected chi connectivity index (χ4v) is 1.36. The lowest BCUT2D eigenvalue weighted by atomic mass is 10.1. The highest BCUT2D eigenvalue weighted by atomic mass is 32.1. The first-order valence-corrected chi connectivity index (χ1v) is 4.18. The third-order valence-electron chi connectivity index (χ3n) is 1.89. The molecule has 0 aliphatic carbocycles. The van der Waals surface area contributed by atoms with Crippen LogP contribution in [0.25, 0.3) is 0 Å². The molecule has 0 fully saturated rings. The number of ether oxygens (including phenoxy) is 1. The molecule has 0 atom stereocenters. The molecule has 0 saturated heterocycles. The normalized spacial score (nSPS) is 13.8. The highest BCUT2D eigenvalue weighted by Gasteiger charge is 2.29. The number of benzene rings is 1. The topological polar surface area (TPSA) is 60.4 Å². The van der Waals surface area contributed by atoms with Gasteiger partial charge in [-0.15, -0.1) is 12.6 Å². The van der Waals surface area contributed by atoms with E-state index in [9.17, 15) is 14.4 Å². The molecule has 4 nitrogen and oxygen atoms in total. The Morgan fingerprint density at radius 2 is 1.79 bits per heavy atom. The first-order valence-electron chi connectivity index (χ1n) is 3.73. The molecular weight excluding hydrogens is 204 g/mol. The molecule has 0 N–H and O–H groups in total. The van der Waals surface area contributed by atoms with Gasteiger partial charge in [0.25, 0.3) is 0 Å². The number of rotatable bonds is 1. The second-order valence-corrected chi connectivity index (χ2v) is 3.15. The molecule has 5 heteroatoms. The standard InChI is InChI=1S/C9H4O4S/c10-7-5-2-1-4(9(12)14)3-6(5)8(11)13-7/h1-3H,(H,12,14). The molecule has 1 aliphatic rings. The van der Waals surface area contributed by atoms with Gasteiger partial charge in [-0.1, -0.05) is 0 Å². The van der Waals surface area contributed by atoms with Crippen LogP contribution in [0.2, 0.25) is 0 Å². The number of thiol groups is 1. The van der Waals surface area contributed by atoms with Crippen molar-refractivity contribution in [3.8, 4) is 0 Å². The van der Waals surface area contributed by atoms with Crippen molar-refractivity contribution < 1.29 is 19.1 Å². The summed E-state index contributed by atoms with van der Waals surface area (Å²) in [4.78, 5) is 32.9. The fraction of sp³-hybridized carbons (Fsp3) is 0. The van der Waals surface area contributed by atoms with Crippen molar-refractivity contribution >= 4 is 29.7 Å². The molecule has 1 heterocycles. The Morgan fingerprint density at radius 1 is 1.14 bits per heavy atom. The molecule has 2 rings (SSSR count). The summed E-state index contributed by atoms with van der Waals surface area (Å²) in [6.07, 6.45) is 0. The van der Waals surface area contributed by atoms with Gasteiger partial charge in [-0.05, 0) is 18.2 Å². The van der Waals surface area contributed by atoms with Crippen molar-refractivity contribution in [3.63, 3.8) is 0 Å². The van der Waals surface area contributed by atoms with Crippen LogP contribution >= 0.6 is 12.6 Å². The van der Waals surface area contributed by atoms with Gasteiger partial charge in [0.05, 0.1) is 11.1 Å². The number of esters is 2. The molecule has 14 heavy (non-hydrogen) atoms. The minimum absolute atomic E-state index is 0.120. The molecule has 0 unspecified atom stereocenters. The minimum Gasteiger partial charge on any atom is -0.386 e. The van der Waals surface area contributed by atoms with Crippen LogP contribution in [0.5, 0.6) is 0 Å². The van der Waals surface area contributed by atoms with Crippen molar-refractivity contribution in [2.45, 2.75) is 0 Å². The molecule has 1 aliphatic heterocycles. The molecule has 1 aromatic rings. The third-order valence-corrected chi connectivity index (χ3v) is 2.15. The molecule has 0 saturated carbocycles. The van der Waals surface area contributed by atoms with Gasteiger partial charge in [-0.25, -0.2) is 9.59 Å². The van der Waals surface area contributed by atoms with Crippen molar-refractivity contribution in [2.75, 3.05) is 0 Å². The zero-order valence-electron chi connectivity index (χ0n) is 6.81. The lowest BCUT2D eigenvalue weighted by molar-refractivity contribution is 0.0443. The van der Waals surface area contributed by atoms with E-state index in [1.165, 1.54) is 18.2 Å². The Bertz CT molecular complexity index is 464. The van der Waals surface area contributed by atoms with Crippen LogP contribution in [-0.2, 0) is 4.74 Å². The first-order chi connectivity index (χ1) is 6.59. The van der Waals surface area contributed by atoms with Crippen molar-refractivity contribution in [3.05, 3.63) is 34.9 Å². The van der Waals surface area contributed by atoms with Gasteiger partial charge < -0.3 is 4.74 Å². The summed E-state index contributed by atoms with van der Waals surface area (Å²) in [6.45, 7) is 0. The summed E-state index contributed by atoms with van der Waals surface area (Å²) >= 11 is 3.60. The van der Waals surface area contributed by atoms with Gasteiger partial charge in [0, 0.05) is 5.56 Å². The molecule has 0 radical (unpaired) electrons. The first kappa shape index (κ1) is 8.96. The summed E-state index contributed by atoms with van der Waals surface area (Å²) in [6, 6.07) is 4.11. The number of hydrogen-bond acceptors (Lipinski definition) is 4. The molecular formula is C9H4O4S. The zero-order valence-corrected chi connectivity index (χ0v) is 7.71. The van der Waals surface area contributed by atoms with Crippen LogP contribution in [0, 0.1) is 0 Å². The Labute approximate surface area is 84.3 Å². The third kappa shape index (κ3) is 1.22. The van der Waals surface area contributed by atoms with E-state index in [1.54, 1.807) is 0 Å². The van der Waals surface area contributed by atoms with Gasteiger partial charge in [0.15, 0.2) is 0 Å². The lowest BCUT2D eigenvalue weighted by Crippen LogP contribution is -1.97. The van der Waals surface area contributed by atoms with E-state index >= 15 is 0 Å². The van der Waals surface area contributed by atoms with Crippen LogP contribution in [-0.4, -0.2) is 17.1 Å². The van der Waals surface area contributed by atoms with Gasteiger partial charge >= 0.3 is 11.9 Å². The van der Waals surface area contributed by atoms with Gasteiger partial charge in [-0.2, -0.15) is 0 Å². The van der Waals surface area contributed by atoms with Crippen LogP contribution in [0.1, 0.15) is 31.1 Å². The molecule has 70 valence electrons. The van der Waals surface area contributed by atoms with E-state index in [4.69, 9.17) is 0 Å². The molecule has 0 bridgehead atoms. The number of cyclic esters (lactones) is 2. The van der Waals surface area contributed by atoms with Crippen molar-refractivity contribution in [2.24, 2.45) is 0 Å². The van der Waals surface area contributed by atoms with Gasteiger partial charge in [0.2, 0.25) is 5.12 Å². The smallest absolute Gasteiger partial charge is 0.346 e. The highest BCUT2D eigenvalue weighted by Crippen LogP contribution is 2.21. The van der Waals surface area contributed by atoms with Gasteiger partial charge in [-0.3, -0.25) is 4.79 Å². The van der Waals surface area contributed by atoms with Gasteiger partial charge in [0.1, 0.15) is 0 Å². The number of carbonyl (C=O) groups excluding carboxylic acids is 3. The quantitative estimate of drug-likeness (QED) is 0.426. The Hall–Kier alpha value is -1.62. The maximum Gasteiger partial charge on any atom is 0.346 e. The van der Waals surface area contributed by atoms with E-state index in [0.717, 1.165) is 0 Å². The van der Waals surface area contributed by atoms with E-state index in [2.05, 4.69) is 17.4 Å². The molecule has 0 amide bonds. The van der Waals surface area contributed by atoms with E-state index in [1.807, 2.05) is 0 Å². The fourth-order valence-electron chi connectivity index (χ4n) is 1.22. The second kappa shape index (κ2) is 2.95. The summed E-state index contributed by atoms with van der Waals surface area (Å²) in [5, 5.41) is -0.458. The van der Waals surface area contributed by atoms with Crippen LogP contribution in [0.15, 0.2) is 18.2 Å². The molecule has 0 spiro atoms. The predicted molar refractivity (Wildman–Crippen MR) is 49.5 cm³/mol. The Balaban J connectivity index is 2.61. The maximum absolute atomic E-state index is 11.1.